The maximum absolute atomic E-state index is 12.1. The number of carbonyl (C=O) groups excluding carboxylic acids is 1. The van der Waals surface area contributed by atoms with Crippen LogP contribution in [0.1, 0.15) is 31.2 Å². The summed E-state index contributed by atoms with van der Waals surface area (Å²) in [4.78, 5) is 12.1. The summed E-state index contributed by atoms with van der Waals surface area (Å²) in [6, 6.07) is 7.08. The number of phenols is 1. The number of benzene rings is 1. The Bertz CT molecular complexity index is 426. The van der Waals surface area contributed by atoms with Crippen LogP contribution in [0, 0.1) is 11.8 Å². The lowest BCUT2D eigenvalue weighted by Crippen LogP contribution is -2.33. The van der Waals surface area contributed by atoms with E-state index in [0.29, 0.717) is 12.5 Å². The molecule has 104 valence electrons. The normalized spacial score (nSPS) is 23.0. The first-order valence-corrected chi connectivity index (χ1v) is 6.95. The smallest absolute Gasteiger partial charge is 0.223 e. The van der Waals surface area contributed by atoms with Gasteiger partial charge in [-0.15, -0.1) is 0 Å². The molecule has 0 aromatic heterocycles. The van der Waals surface area contributed by atoms with Gasteiger partial charge in [-0.25, -0.2) is 0 Å². The highest BCUT2D eigenvalue weighted by molar-refractivity contribution is 5.78. The molecule has 19 heavy (non-hydrogen) atoms. The second-order valence-corrected chi connectivity index (χ2v) is 5.30. The Balaban J connectivity index is 1.81. The van der Waals surface area contributed by atoms with Gasteiger partial charge in [-0.2, -0.15) is 0 Å². The van der Waals surface area contributed by atoms with Crippen molar-refractivity contribution in [2.45, 2.75) is 32.2 Å². The van der Waals surface area contributed by atoms with Crippen LogP contribution in [0.15, 0.2) is 24.3 Å². The number of hydrogen-bond acceptors (Lipinski definition) is 3. The first-order chi connectivity index (χ1) is 9.20. The van der Waals surface area contributed by atoms with Crippen molar-refractivity contribution in [3.63, 3.8) is 0 Å². The molecular weight excluding hydrogens is 240 g/mol. The summed E-state index contributed by atoms with van der Waals surface area (Å²) in [5.41, 5.74) is 6.40. The van der Waals surface area contributed by atoms with Gasteiger partial charge in [0.1, 0.15) is 5.75 Å². The molecule has 0 spiro atoms. The molecule has 1 aliphatic rings. The topological polar surface area (TPSA) is 75.4 Å². The van der Waals surface area contributed by atoms with Gasteiger partial charge in [-0.05, 0) is 44.2 Å². The molecule has 1 aromatic carbocycles. The lowest BCUT2D eigenvalue weighted by atomic mass is 9.81. The Hall–Kier alpha value is -1.55. The van der Waals surface area contributed by atoms with Crippen LogP contribution in [0.2, 0.25) is 0 Å². The minimum atomic E-state index is 0.0960. The van der Waals surface area contributed by atoms with Crippen LogP contribution in [-0.4, -0.2) is 17.6 Å². The molecule has 0 aliphatic heterocycles. The van der Waals surface area contributed by atoms with Crippen LogP contribution in [0.5, 0.6) is 5.75 Å². The van der Waals surface area contributed by atoms with Crippen LogP contribution >= 0.6 is 0 Å². The largest absolute Gasteiger partial charge is 0.508 e. The maximum atomic E-state index is 12.1. The molecule has 1 amide bonds. The number of hydrogen-bond donors (Lipinski definition) is 3. The minimum Gasteiger partial charge on any atom is -0.508 e. The standard InChI is InChI=1S/C15H22N2O2/c16-9-11-5-7-12(8-6-11)15(19)17-10-13-3-1-2-4-14(13)18/h1-4,11-12,18H,5-10,16H2,(H,17,19). The fraction of sp³-hybridized carbons (Fsp3) is 0.533. The van der Waals surface area contributed by atoms with Gasteiger partial charge >= 0.3 is 0 Å². The molecule has 1 aromatic rings. The van der Waals surface area contributed by atoms with E-state index in [1.54, 1.807) is 12.1 Å². The van der Waals surface area contributed by atoms with Crippen LogP contribution in [0.25, 0.3) is 0 Å². The third kappa shape index (κ3) is 3.70. The molecule has 1 aliphatic carbocycles. The van der Waals surface area contributed by atoms with Crippen molar-refractivity contribution in [1.29, 1.82) is 0 Å². The highest BCUT2D eigenvalue weighted by Gasteiger charge is 2.25. The molecule has 0 heterocycles. The zero-order valence-corrected chi connectivity index (χ0v) is 11.1. The van der Waals surface area contributed by atoms with E-state index in [9.17, 15) is 9.90 Å². The molecule has 1 fully saturated rings. The van der Waals surface area contributed by atoms with Crippen LogP contribution in [-0.2, 0) is 11.3 Å². The van der Waals surface area contributed by atoms with Crippen molar-refractivity contribution in [3.8, 4) is 5.75 Å². The SMILES string of the molecule is NCC1CCC(C(=O)NCc2ccccc2O)CC1. The molecule has 4 nitrogen and oxygen atoms in total. The summed E-state index contributed by atoms with van der Waals surface area (Å²) in [5.74, 6) is 1.02. The fourth-order valence-electron chi connectivity index (χ4n) is 2.65. The Morgan fingerprint density at radius 3 is 2.58 bits per heavy atom. The molecule has 0 radical (unpaired) electrons. The summed E-state index contributed by atoms with van der Waals surface area (Å²) in [6.45, 7) is 1.12. The van der Waals surface area contributed by atoms with Gasteiger partial charge < -0.3 is 16.2 Å². The van der Waals surface area contributed by atoms with Crippen molar-refractivity contribution < 1.29 is 9.90 Å². The molecule has 1 saturated carbocycles. The zero-order chi connectivity index (χ0) is 13.7. The Labute approximate surface area is 114 Å². The van der Waals surface area contributed by atoms with Crippen molar-refractivity contribution >= 4 is 5.91 Å². The first-order valence-electron chi connectivity index (χ1n) is 6.95. The van der Waals surface area contributed by atoms with Crippen molar-refractivity contribution in [2.24, 2.45) is 17.6 Å². The Morgan fingerprint density at radius 1 is 1.26 bits per heavy atom. The summed E-state index contributed by atoms with van der Waals surface area (Å²) >= 11 is 0. The molecule has 0 unspecified atom stereocenters. The van der Waals surface area contributed by atoms with E-state index in [1.807, 2.05) is 12.1 Å². The highest BCUT2D eigenvalue weighted by Crippen LogP contribution is 2.28. The predicted octanol–water partition coefficient (Wildman–Crippen LogP) is 1.77. The van der Waals surface area contributed by atoms with Crippen LogP contribution < -0.4 is 11.1 Å². The number of para-hydroxylation sites is 1. The van der Waals surface area contributed by atoms with E-state index < -0.39 is 0 Å². The number of nitrogens with one attached hydrogen (secondary N) is 1. The van der Waals surface area contributed by atoms with E-state index in [4.69, 9.17) is 5.73 Å². The third-order valence-corrected chi connectivity index (χ3v) is 4.00. The fourth-order valence-corrected chi connectivity index (χ4v) is 2.65. The summed E-state index contributed by atoms with van der Waals surface area (Å²) < 4.78 is 0. The quantitative estimate of drug-likeness (QED) is 0.774. The van der Waals surface area contributed by atoms with Crippen molar-refractivity contribution in [2.75, 3.05) is 6.54 Å². The van der Waals surface area contributed by atoms with E-state index in [-0.39, 0.29) is 17.6 Å². The lowest BCUT2D eigenvalue weighted by Gasteiger charge is -2.26. The maximum Gasteiger partial charge on any atom is 0.223 e. The van der Waals surface area contributed by atoms with Gasteiger partial charge in [0, 0.05) is 18.0 Å². The molecule has 0 saturated heterocycles. The molecule has 4 N–H and O–H groups in total. The number of aromatic hydroxyl groups is 1. The van der Waals surface area contributed by atoms with E-state index in [2.05, 4.69) is 5.32 Å². The molecule has 0 atom stereocenters. The average molecular weight is 262 g/mol. The van der Waals surface area contributed by atoms with Gasteiger partial charge in [0.15, 0.2) is 0 Å². The zero-order valence-electron chi connectivity index (χ0n) is 11.1. The van der Waals surface area contributed by atoms with Crippen molar-refractivity contribution in [3.05, 3.63) is 29.8 Å². The molecule has 2 rings (SSSR count). The first kappa shape index (κ1) is 13.9. The summed E-state index contributed by atoms with van der Waals surface area (Å²) in [5, 5.41) is 12.5. The summed E-state index contributed by atoms with van der Waals surface area (Å²) in [6.07, 6.45) is 3.94. The Morgan fingerprint density at radius 2 is 1.95 bits per heavy atom. The second kappa shape index (κ2) is 6.57. The summed E-state index contributed by atoms with van der Waals surface area (Å²) in [7, 11) is 0. The Kier molecular flexibility index (Phi) is 4.80. The highest BCUT2D eigenvalue weighted by atomic mass is 16.3. The number of nitrogens with two attached hydrogens (primary N) is 1. The van der Waals surface area contributed by atoms with Crippen LogP contribution in [0.3, 0.4) is 0 Å². The monoisotopic (exact) mass is 262 g/mol. The van der Waals surface area contributed by atoms with E-state index >= 15 is 0 Å². The van der Waals surface area contributed by atoms with Gasteiger partial charge in [0.2, 0.25) is 5.91 Å². The number of rotatable bonds is 4. The van der Waals surface area contributed by atoms with Gasteiger partial charge in [-0.1, -0.05) is 18.2 Å². The van der Waals surface area contributed by atoms with E-state index in [1.165, 1.54) is 0 Å². The lowest BCUT2D eigenvalue weighted by molar-refractivity contribution is -0.126. The molecule has 4 heteroatoms. The molecular formula is C15H22N2O2. The number of amides is 1. The van der Waals surface area contributed by atoms with Gasteiger partial charge in [-0.3, -0.25) is 4.79 Å². The number of phenolic OH excluding ortho intramolecular Hbond substituents is 1. The second-order valence-electron chi connectivity index (χ2n) is 5.30. The van der Waals surface area contributed by atoms with Crippen LogP contribution in [0.4, 0.5) is 0 Å². The van der Waals surface area contributed by atoms with Gasteiger partial charge in [0.05, 0.1) is 0 Å². The average Bonchev–Trinajstić information content (AvgIpc) is 2.46. The predicted molar refractivity (Wildman–Crippen MR) is 74.5 cm³/mol. The van der Waals surface area contributed by atoms with E-state index in [0.717, 1.165) is 37.8 Å². The number of carbonyl (C=O) groups is 1. The minimum absolute atomic E-state index is 0.0960. The van der Waals surface area contributed by atoms with Gasteiger partial charge in [0.25, 0.3) is 0 Å². The van der Waals surface area contributed by atoms with Crippen molar-refractivity contribution in [1.82, 2.24) is 5.32 Å². The third-order valence-electron chi connectivity index (χ3n) is 4.00. The molecule has 0 bridgehead atoms.